The van der Waals surface area contributed by atoms with Crippen molar-refractivity contribution in [3.8, 4) is 5.88 Å². The summed E-state index contributed by atoms with van der Waals surface area (Å²) in [5.74, 6) is 0.549. The van der Waals surface area contributed by atoms with Crippen molar-refractivity contribution in [2.75, 3.05) is 19.8 Å². The van der Waals surface area contributed by atoms with Crippen LogP contribution >= 0.6 is 0 Å². The Balaban J connectivity index is 2.47. The Bertz CT molecular complexity index is 320. The maximum atomic E-state index is 5.61. The van der Waals surface area contributed by atoms with E-state index in [-0.39, 0.29) is 6.10 Å². The molecule has 0 aromatic carbocycles. The first-order valence-electron chi connectivity index (χ1n) is 6.02. The van der Waals surface area contributed by atoms with Crippen LogP contribution in [-0.2, 0) is 11.3 Å². The molecule has 1 aromatic heterocycles. The van der Waals surface area contributed by atoms with Gasteiger partial charge >= 0.3 is 0 Å². The zero-order valence-corrected chi connectivity index (χ0v) is 10.8. The van der Waals surface area contributed by atoms with Crippen molar-refractivity contribution in [2.45, 2.75) is 33.4 Å². The number of hydrogen-bond donors (Lipinski definition) is 1. The fourth-order valence-corrected chi connectivity index (χ4v) is 1.31. The lowest BCUT2D eigenvalue weighted by molar-refractivity contribution is 0.0630. The third kappa shape index (κ3) is 5.60. The first-order chi connectivity index (χ1) is 8.26. The average Bonchev–Trinajstić information content (AvgIpc) is 2.34. The predicted molar refractivity (Wildman–Crippen MR) is 66.0 cm³/mol. The molecule has 0 spiro atoms. The maximum Gasteiger partial charge on any atom is 0.232 e. The number of nitrogens with zero attached hydrogens (tertiary/aromatic N) is 2. The minimum absolute atomic E-state index is 0.0152. The summed E-state index contributed by atoms with van der Waals surface area (Å²) in [6, 6.07) is 0. The van der Waals surface area contributed by atoms with Gasteiger partial charge in [0, 0.05) is 19.3 Å². The van der Waals surface area contributed by atoms with Gasteiger partial charge < -0.3 is 14.8 Å². The van der Waals surface area contributed by atoms with Gasteiger partial charge in [-0.1, -0.05) is 6.92 Å². The van der Waals surface area contributed by atoms with Crippen molar-refractivity contribution in [1.82, 2.24) is 15.3 Å². The molecule has 5 heteroatoms. The lowest BCUT2D eigenvalue weighted by atomic mass is 10.4. The van der Waals surface area contributed by atoms with Gasteiger partial charge in [0.25, 0.3) is 0 Å². The molecule has 1 unspecified atom stereocenters. The van der Waals surface area contributed by atoms with Crippen LogP contribution in [-0.4, -0.2) is 35.8 Å². The molecule has 1 heterocycles. The molecule has 1 rings (SSSR count). The van der Waals surface area contributed by atoms with E-state index in [9.17, 15) is 0 Å². The minimum Gasteiger partial charge on any atom is -0.471 e. The third-order valence-corrected chi connectivity index (χ3v) is 2.10. The molecule has 0 aliphatic heterocycles. The van der Waals surface area contributed by atoms with Crippen LogP contribution in [0.4, 0.5) is 0 Å². The zero-order valence-electron chi connectivity index (χ0n) is 10.8. The first kappa shape index (κ1) is 13.9. The quantitative estimate of drug-likeness (QED) is 0.743. The highest BCUT2D eigenvalue weighted by Gasteiger charge is 2.06. The summed E-state index contributed by atoms with van der Waals surface area (Å²) >= 11 is 0. The highest BCUT2D eigenvalue weighted by atomic mass is 16.5. The van der Waals surface area contributed by atoms with Crippen molar-refractivity contribution in [2.24, 2.45) is 0 Å². The summed E-state index contributed by atoms with van der Waals surface area (Å²) in [5.41, 5.74) is 0.882. The van der Waals surface area contributed by atoms with Gasteiger partial charge in [-0.3, -0.25) is 4.98 Å². The van der Waals surface area contributed by atoms with E-state index in [1.807, 2.05) is 13.8 Å². The van der Waals surface area contributed by atoms with Gasteiger partial charge in [-0.2, -0.15) is 0 Å². The molecule has 0 fully saturated rings. The Morgan fingerprint density at radius 2 is 2.18 bits per heavy atom. The van der Waals surface area contributed by atoms with E-state index in [2.05, 4.69) is 22.2 Å². The summed E-state index contributed by atoms with van der Waals surface area (Å²) in [7, 11) is 0. The average molecular weight is 239 g/mol. The van der Waals surface area contributed by atoms with E-state index in [4.69, 9.17) is 9.47 Å². The maximum absolute atomic E-state index is 5.61. The van der Waals surface area contributed by atoms with Crippen LogP contribution in [0.5, 0.6) is 5.88 Å². The first-order valence-corrected chi connectivity index (χ1v) is 6.02. The molecular formula is C12H21N3O2. The van der Waals surface area contributed by atoms with E-state index >= 15 is 0 Å². The smallest absolute Gasteiger partial charge is 0.232 e. The second kappa shape index (κ2) is 7.97. The van der Waals surface area contributed by atoms with E-state index in [0.29, 0.717) is 25.6 Å². The fourth-order valence-electron chi connectivity index (χ4n) is 1.31. The summed E-state index contributed by atoms with van der Waals surface area (Å²) in [6.07, 6.45) is 3.35. The fraction of sp³-hybridized carbons (Fsp3) is 0.667. The van der Waals surface area contributed by atoms with Crippen LogP contribution in [0.2, 0.25) is 0 Å². The molecular weight excluding hydrogens is 218 g/mol. The van der Waals surface area contributed by atoms with Crippen LogP contribution < -0.4 is 10.1 Å². The van der Waals surface area contributed by atoms with Gasteiger partial charge in [0.05, 0.1) is 18.5 Å². The van der Waals surface area contributed by atoms with Gasteiger partial charge in [0.1, 0.15) is 6.10 Å². The van der Waals surface area contributed by atoms with Crippen molar-refractivity contribution in [3.63, 3.8) is 0 Å². The van der Waals surface area contributed by atoms with Crippen molar-refractivity contribution in [1.29, 1.82) is 0 Å². The highest BCUT2D eigenvalue weighted by molar-refractivity contribution is 5.08. The number of hydrogen-bond acceptors (Lipinski definition) is 5. The van der Waals surface area contributed by atoms with Crippen molar-refractivity contribution < 1.29 is 9.47 Å². The zero-order chi connectivity index (χ0) is 12.5. The molecule has 5 nitrogen and oxygen atoms in total. The summed E-state index contributed by atoms with van der Waals surface area (Å²) in [6.45, 7) is 8.85. The predicted octanol–water partition coefficient (Wildman–Crippen LogP) is 1.39. The number of rotatable bonds is 8. The normalized spacial score (nSPS) is 12.4. The van der Waals surface area contributed by atoms with Gasteiger partial charge in [-0.15, -0.1) is 0 Å². The molecule has 0 bridgehead atoms. The molecule has 0 amide bonds. The van der Waals surface area contributed by atoms with E-state index < -0.39 is 0 Å². The molecule has 0 saturated heterocycles. The van der Waals surface area contributed by atoms with Crippen molar-refractivity contribution >= 4 is 0 Å². The Kier molecular flexibility index (Phi) is 6.50. The molecule has 1 atom stereocenters. The number of nitrogens with one attached hydrogen (secondary N) is 1. The van der Waals surface area contributed by atoms with Crippen LogP contribution in [0.15, 0.2) is 12.4 Å². The van der Waals surface area contributed by atoms with Crippen LogP contribution in [0.1, 0.15) is 26.5 Å². The summed E-state index contributed by atoms with van der Waals surface area (Å²) < 4.78 is 10.9. The molecule has 96 valence electrons. The van der Waals surface area contributed by atoms with Crippen LogP contribution in [0.25, 0.3) is 0 Å². The molecule has 17 heavy (non-hydrogen) atoms. The summed E-state index contributed by atoms with van der Waals surface area (Å²) in [5, 5.41) is 3.20. The molecule has 0 aliphatic rings. The van der Waals surface area contributed by atoms with Gasteiger partial charge in [-0.05, 0) is 20.4 Å². The molecule has 0 saturated carbocycles. The number of ether oxygens (including phenoxy) is 2. The second-order valence-electron chi connectivity index (χ2n) is 3.72. The van der Waals surface area contributed by atoms with Gasteiger partial charge in [-0.25, -0.2) is 4.98 Å². The molecule has 0 radical (unpaired) electrons. The monoisotopic (exact) mass is 239 g/mol. The lowest BCUT2D eigenvalue weighted by Crippen LogP contribution is -2.20. The van der Waals surface area contributed by atoms with Gasteiger partial charge in [0.2, 0.25) is 5.88 Å². The van der Waals surface area contributed by atoms with E-state index in [1.165, 1.54) is 0 Å². The third-order valence-electron chi connectivity index (χ3n) is 2.10. The molecule has 0 aliphatic carbocycles. The van der Waals surface area contributed by atoms with E-state index in [0.717, 1.165) is 12.2 Å². The lowest BCUT2D eigenvalue weighted by Gasteiger charge is -2.13. The molecule has 1 N–H and O–H groups in total. The van der Waals surface area contributed by atoms with Crippen LogP contribution in [0, 0.1) is 0 Å². The van der Waals surface area contributed by atoms with Crippen molar-refractivity contribution in [3.05, 3.63) is 18.1 Å². The molecule has 1 aromatic rings. The largest absolute Gasteiger partial charge is 0.471 e. The van der Waals surface area contributed by atoms with Crippen LogP contribution in [0.3, 0.4) is 0 Å². The second-order valence-corrected chi connectivity index (χ2v) is 3.72. The standard InChI is InChI=1S/C12H21N3O2/c1-4-13-6-11-7-14-8-12(15-11)17-10(3)9-16-5-2/h7-8,10,13H,4-6,9H2,1-3H3. The Morgan fingerprint density at radius 3 is 2.88 bits per heavy atom. The van der Waals surface area contributed by atoms with Gasteiger partial charge in [0.15, 0.2) is 0 Å². The Hall–Kier alpha value is -1.20. The summed E-state index contributed by atoms with van der Waals surface area (Å²) in [4.78, 5) is 8.46. The Morgan fingerprint density at radius 1 is 1.35 bits per heavy atom. The highest BCUT2D eigenvalue weighted by Crippen LogP contribution is 2.07. The SMILES string of the molecule is CCNCc1cncc(OC(C)COCC)n1. The van der Waals surface area contributed by atoms with E-state index in [1.54, 1.807) is 12.4 Å². The topological polar surface area (TPSA) is 56.3 Å². The Labute approximate surface area is 103 Å². The minimum atomic E-state index is -0.0152. The number of aromatic nitrogens is 2.